The minimum atomic E-state index is -0.524. The van der Waals surface area contributed by atoms with E-state index in [2.05, 4.69) is 21.3 Å². The summed E-state index contributed by atoms with van der Waals surface area (Å²) >= 11 is 8.92. The third-order valence-corrected chi connectivity index (χ3v) is 8.16. The van der Waals surface area contributed by atoms with Crippen molar-refractivity contribution in [1.29, 1.82) is 5.26 Å². The number of allylic oxidation sites excluding steroid dienone is 3. The van der Waals surface area contributed by atoms with Crippen LogP contribution in [0.25, 0.3) is 0 Å². The van der Waals surface area contributed by atoms with Crippen LogP contribution < -0.4 is 10.6 Å². The Labute approximate surface area is 210 Å². The van der Waals surface area contributed by atoms with E-state index in [9.17, 15) is 10.1 Å². The van der Waals surface area contributed by atoms with Crippen LogP contribution in [0.15, 0.2) is 75.8 Å². The van der Waals surface area contributed by atoms with Crippen molar-refractivity contribution in [2.24, 2.45) is 5.73 Å². The summed E-state index contributed by atoms with van der Waals surface area (Å²) in [5.41, 5.74) is 10.2. The molecule has 0 unspecified atom stereocenters. The fraction of sp³-hybridized carbons (Fsp3) is 0.208. The summed E-state index contributed by atoms with van der Waals surface area (Å²) in [7, 11) is 0. The van der Waals surface area contributed by atoms with Crippen LogP contribution in [-0.4, -0.2) is 21.0 Å². The summed E-state index contributed by atoms with van der Waals surface area (Å²) in [6.07, 6.45) is 5.19. The maximum atomic E-state index is 13.1. The van der Waals surface area contributed by atoms with Gasteiger partial charge in [0.25, 0.3) is 0 Å². The Bertz CT molecular complexity index is 1340. The van der Waals surface area contributed by atoms with E-state index >= 15 is 0 Å². The van der Waals surface area contributed by atoms with Gasteiger partial charge in [-0.05, 0) is 42.2 Å². The number of pyridine rings is 1. The van der Waals surface area contributed by atoms with E-state index in [1.54, 1.807) is 35.1 Å². The Morgan fingerprint density at radius 3 is 2.79 bits per heavy atom. The molecule has 0 amide bonds. The number of carbonyl (C=O) groups is 1. The van der Waals surface area contributed by atoms with Gasteiger partial charge in [-0.1, -0.05) is 52.9 Å². The van der Waals surface area contributed by atoms with Gasteiger partial charge in [0, 0.05) is 40.9 Å². The zero-order chi connectivity index (χ0) is 23.7. The summed E-state index contributed by atoms with van der Waals surface area (Å²) in [6, 6.07) is 13.6. The minimum absolute atomic E-state index is 0.0298. The number of hydrogen-bond acceptors (Lipinski definition) is 9. The molecule has 0 radical (unpaired) electrons. The standard InChI is InChI=1S/C24H19ClN6OS2/c25-16-8-6-14(7-9-16)13-33-24-30-29-23(34-24)31-18-4-1-5-19(32)21(18)20(17(11-26)22(31)27)15-3-2-10-28-12-15/h2-3,6-10,12,20H,1,4-5,13,27H2/t20-/m1/s1. The highest BCUT2D eigenvalue weighted by Gasteiger charge is 2.41. The van der Waals surface area contributed by atoms with Gasteiger partial charge in [-0.25, -0.2) is 0 Å². The molecule has 3 aromatic rings. The third kappa shape index (κ3) is 4.20. The van der Waals surface area contributed by atoms with E-state index in [4.69, 9.17) is 17.3 Å². The van der Waals surface area contributed by atoms with Crippen LogP contribution in [-0.2, 0) is 10.5 Å². The van der Waals surface area contributed by atoms with E-state index in [1.165, 1.54) is 11.3 Å². The molecule has 5 rings (SSSR count). The fourth-order valence-electron chi connectivity index (χ4n) is 4.26. The monoisotopic (exact) mass is 506 g/mol. The zero-order valence-corrected chi connectivity index (χ0v) is 20.3. The highest BCUT2D eigenvalue weighted by molar-refractivity contribution is 8.00. The predicted octanol–water partition coefficient (Wildman–Crippen LogP) is 5.18. The Kier molecular flexibility index (Phi) is 6.37. The Hall–Kier alpha value is -3.19. The highest BCUT2D eigenvalue weighted by atomic mass is 35.5. The summed E-state index contributed by atoms with van der Waals surface area (Å²) in [5, 5.41) is 20.0. The summed E-state index contributed by atoms with van der Waals surface area (Å²) in [5.74, 6) is 0.512. The van der Waals surface area contributed by atoms with Crippen LogP contribution >= 0.6 is 34.7 Å². The van der Waals surface area contributed by atoms with Crippen LogP contribution in [0.5, 0.6) is 0 Å². The van der Waals surface area contributed by atoms with E-state index in [0.717, 1.165) is 33.3 Å². The number of nitrogens with two attached hydrogens (primary N) is 1. The molecule has 3 heterocycles. The van der Waals surface area contributed by atoms with E-state index < -0.39 is 5.92 Å². The molecule has 1 aromatic carbocycles. The molecule has 0 saturated carbocycles. The number of ketones is 1. The molecule has 170 valence electrons. The van der Waals surface area contributed by atoms with Gasteiger partial charge in [0.2, 0.25) is 5.13 Å². The lowest BCUT2D eigenvalue weighted by Gasteiger charge is -2.37. The second-order valence-electron chi connectivity index (χ2n) is 7.87. The van der Waals surface area contributed by atoms with Crippen molar-refractivity contribution < 1.29 is 4.79 Å². The average Bonchev–Trinajstić information content (AvgIpc) is 3.32. The van der Waals surface area contributed by atoms with Crippen molar-refractivity contribution in [2.75, 3.05) is 4.90 Å². The zero-order valence-electron chi connectivity index (χ0n) is 17.9. The van der Waals surface area contributed by atoms with Crippen LogP contribution in [0.4, 0.5) is 5.13 Å². The van der Waals surface area contributed by atoms with Crippen molar-refractivity contribution in [3.05, 3.63) is 87.6 Å². The Morgan fingerprint density at radius 2 is 2.06 bits per heavy atom. The summed E-state index contributed by atoms with van der Waals surface area (Å²) in [4.78, 5) is 19.1. The minimum Gasteiger partial charge on any atom is -0.384 e. The van der Waals surface area contributed by atoms with Gasteiger partial charge >= 0.3 is 0 Å². The molecule has 34 heavy (non-hydrogen) atoms. The molecule has 0 spiro atoms. The number of nitriles is 1. The molecular formula is C24H19ClN6OS2. The van der Waals surface area contributed by atoms with Gasteiger partial charge in [0.05, 0.1) is 17.6 Å². The van der Waals surface area contributed by atoms with Crippen LogP contribution in [0.1, 0.15) is 36.3 Å². The molecule has 1 atom stereocenters. The number of benzene rings is 1. The Balaban J connectivity index is 1.51. The molecule has 2 N–H and O–H groups in total. The predicted molar refractivity (Wildman–Crippen MR) is 133 cm³/mol. The molecule has 0 saturated heterocycles. The molecule has 2 aliphatic rings. The number of carbonyl (C=O) groups excluding carboxylic acids is 1. The van der Waals surface area contributed by atoms with Crippen LogP contribution in [0.2, 0.25) is 5.02 Å². The number of hydrogen-bond donors (Lipinski definition) is 1. The Morgan fingerprint density at radius 1 is 1.24 bits per heavy atom. The number of Topliss-reactive ketones (excluding diaryl/α,β-unsaturated/α-hetero) is 1. The highest BCUT2D eigenvalue weighted by Crippen LogP contribution is 2.47. The topological polar surface area (TPSA) is 109 Å². The summed E-state index contributed by atoms with van der Waals surface area (Å²) in [6.45, 7) is 0. The maximum absolute atomic E-state index is 13.1. The van der Waals surface area contributed by atoms with Gasteiger partial charge in [0.15, 0.2) is 10.1 Å². The first-order chi connectivity index (χ1) is 16.6. The molecule has 2 aromatic heterocycles. The molecule has 1 aliphatic carbocycles. The van der Waals surface area contributed by atoms with Gasteiger partial charge in [-0.3, -0.25) is 14.7 Å². The van der Waals surface area contributed by atoms with Crippen LogP contribution in [0, 0.1) is 11.3 Å². The number of nitrogens with zero attached hydrogens (tertiary/aromatic N) is 5. The molecule has 7 nitrogen and oxygen atoms in total. The van der Waals surface area contributed by atoms with Gasteiger partial charge in [-0.15, -0.1) is 10.2 Å². The lowest BCUT2D eigenvalue weighted by molar-refractivity contribution is -0.116. The average molecular weight is 507 g/mol. The SMILES string of the molecule is N#CC1=C(N)N(c2nnc(SCc3ccc(Cl)cc3)s2)C2=C(C(=O)CCC2)[C@@H]1c1cccnc1. The maximum Gasteiger partial charge on any atom is 0.219 e. The first-order valence-electron chi connectivity index (χ1n) is 10.6. The van der Waals surface area contributed by atoms with Gasteiger partial charge < -0.3 is 5.73 Å². The second kappa shape index (κ2) is 9.58. The van der Waals surface area contributed by atoms with Crippen molar-refractivity contribution >= 4 is 45.6 Å². The number of halogens is 1. The van der Waals surface area contributed by atoms with Gasteiger partial charge in [-0.2, -0.15) is 5.26 Å². The van der Waals surface area contributed by atoms with E-state index in [-0.39, 0.29) is 11.6 Å². The molecule has 0 fully saturated rings. The largest absolute Gasteiger partial charge is 0.384 e. The second-order valence-corrected chi connectivity index (χ2v) is 10.5. The quantitative estimate of drug-likeness (QED) is 0.471. The lowest BCUT2D eigenvalue weighted by Crippen LogP contribution is -2.38. The van der Waals surface area contributed by atoms with E-state index in [0.29, 0.717) is 34.1 Å². The number of anilines is 1. The number of aromatic nitrogens is 3. The molecular weight excluding hydrogens is 488 g/mol. The van der Waals surface area contributed by atoms with E-state index in [1.807, 2.05) is 30.3 Å². The molecule has 0 bridgehead atoms. The number of rotatable bonds is 5. The summed E-state index contributed by atoms with van der Waals surface area (Å²) < 4.78 is 0.773. The van der Waals surface area contributed by atoms with Crippen molar-refractivity contribution in [3.8, 4) is 6.07 Å². The fourth-order valence-corrected chi connectivity index (χ4v) is 6.22. The lowest BCUT2D eigenvalue weighted by atomic mass is 9.76. The first kappa shape index (κ1) is 22.6. The third-order valence-electron chi connectivity index (χ3n) is 5.79. The first-order valence-corrected chi connectivity index (χ1v) is 12.8. The smallest absolute Gasteiger partial charge is 0.219 e. The van der Waals surface area contributed by atoms with Crippen molar-refractivity contribution in [1.82, 2.24) is 15.2 Å². The van der Waals surface area contributed by atoms with Crippen molar-refractivity contribution in [2.45, 2.75) is 35.3 Å². The van der Waals surface area contributed by atoms with Crippen molar-refractivity contribution in [3.63, 3.8) is 0 Å². The number of thioether (sulfide) groups is 1. The van der Waals surface area contributed by atoms with Crippen LogP contribution in [0.3, 0.4) is 0 Å². The molecule has 1 aliphatic heterocycles. The normalized spacial score (nSPS) is 18.2. The molecule has 10 heteroatoms. The van der Waals surface area contributed by atoms with Gasteiger partial charge in [0.1, 0.15) is 5.82 Å².